The monoisotopic (exact) mass is 540 g/mol. The van der Waals surface area contributed by atoms with E-state index in [0.29, 0.717) is 19.5 Å². The van der Waals surface area contributed by atoms with Crippen LogP contribution in [0.15, 0.2) is 17.4 Å². The second-order valence-corrected chi connectivity index (χ2v) is 9.36. The maximum absolute atomic E-state index is 12.2. The van der Waals surface area contributed by atoms with E-state index in [-0.39, 0.29) is 35.8 Å². The zero-order chi connectivity index (χ0) is 20.4. The van der Waals surface area contributed by atoms with Gasteiger partial charge in [-0.15, -0.1) is 24.0 Å². The third kappa shape index (κ3) is 8.79. The molecule has 2 heterocycles. The van der Waals surface area contributed by atoms with Crippen molar-refractivity contribution < 1.29 is 8.42 Å². The second kappa shape index (κ2) is 13.4. The largest absolute Gasteiger partial charge is 0.357 e. The molecule has 0 saturated carbocycles. The van der Waals surface area contributed by atoms with Crippen molar-refractivity contribution in [2.24, 2.45) is 4.99 Å². The molecule has 0 radical (unpaired) electrons. The molecular weight excluding hydrogens is 503 g/mol. The summed E-state index contributed by atoms with van der Waals surface area (Å²) in [7, 11) is -3.08. The molecular formula is C19H37IN6O2S. The molecule has 2 N–H and O–H groups in total. The molecule has 0 aromatic carbocycles. The van der Waals surface area contributed by atoms with Crippen molar-refractivity contribution in [3.8, 4) is 0 Å². The molecule has 1 aliphatic heterocycles. The Morgan fingerprint density at radius 1 is 1.28 bits per heavy atom. The van der Waals surface area contributed by atoms with Gasteiger partial charge in [-0.05, 0) is 46.0 Å². The maximum atomic E-state index is 12.2. The van der Waals surface area contributed by atoms with Gasteiger partial charge in [-0.3, -0.25) is 4.99 Å². The van der Waals surface area contributed by atoms with Gasteiger partial charge in [0.05, 0.1) is 5.75 Å². The normalized spacial score (nSPS) is 16.4. The van der Waals surface area contributed by atoms with Gasteiger partial charge in [0, 0.05) is 51.2 Å². The molecule has 10 heteroatoms. The average molecular weight is 541 g/mol. The van der Waals surface area contributed by atoms with Gasteiger partial charge < -0.3 is 15.2 Å². The third-order valence-electron chi connectivity index (χ3n) is 5.00. The van der Waals surface area contributed by atoms with Crippen LogP contribution in [0, 0.1) is 6.92 Å². The SMILES string of the molecule is CCCS(=O)(=O)N1CCC(NC(=NCCCCn2ccnc2C)NCC)CC1.I. The first kappa shape index (κ1) is 26.2. The number of guanidine groups is 1. The van der Waals surface area contributed by atoms with Crippen molar-refractivity contribution in [3.05, 3.63) is 18.2 Å². The molecule has 8 nitrogen and oxygen atoms in total. The fourth-order valence-electron chi connectivity index (χ4n) is 3.40. The van der Waals surface area contributed by atoms with Crippen molar-refractivity contribution in [2.45, 2.75) is 65.5 Å². The Hall–Kier alpha value is -0.880. The lowest BCUT2D eigenvalue weighted by molar-refractivity contribution is 0.306. The Morgan fingerprint density at radius 2 is 2.00 bits per heavy atom. The number of nitrogens with one attached hydrogen (secondary N) is 2. The number of aryl methyl sites for hydroxylation is 2. The predicted octanol–water partition coefficient (Wildman–Crippen LogP) is 2.35. The van der Waals surface area contributed by atoms with E-state index in [0.717, 1.165) is 57.1 Å². The van der Waals surface area contributed by atoms with Crippen LogP contribution in [-0.4, -0.2) is 66.2 Å². The van der Waals surface area contributed by atoms with Crippen LogP contribution in [0.4, 0.5) is 0 Å². The number of imidazole rings is 1. The van der Waals surface area contributed by atoms with Gasteiger partial charge in [-0.25, -0.2) is 17.7 Å². The first-order valence-corrected chi connectivity index (χ1v) is 12.1. The Bertz CT molecular complexity index is 714. The van der Waals surface area contributed by atoms with Gasteiger partial charge in [-0.2, -0.15) is 0 Å². The summed E-state index contributed by atoms with van der Waals surface area (Å²) >= 11 is 0. The van der Waals surface area contributed by atoms with Crippen molar-refractivity contribution in [1.29, 1.82) is 0 Å². The lowest BCUT2D eigenvalue weighted by atomic mass is 10.1. The van der Waals surface area contributed by atoms with Crippen molar-refractivity contribution in [1.82, 2.24) is 24.5 Å². The summed E-state index contributed by atoms with van der Waals surface area (Å²) in [6.07, 6.45) is 8.21. The lowest BCUT2D eigenvalue weighted by Gasteiger charge is -2.32. The summed E-state index contributed by atoms with van der Waals surface area (Å²) in [4.78, 5) is 8.92. The molecule has 1 fully saturated rings. The predicted molar refractivity (Wildman–Crippen MR) is 129 cm³/mol. The molecule has 29 heavy (non-hydrogen) atoms. The van der Waals surface area contributed by atoms with E-state index in [1.807, 2.05) is 26.2 Å². The van der Waals surface area contributed by atoms with Gasteiger partial charge >= 0.3 is 0 Å². The van der Waals surface area contributed by atoms with Gasteiger partial charge in [0.15, 0.2) is 5.96 Å². The van der Waals surface area contributed by atoms with Gasteiger partial charge in [0.25, 0.3) is 0 Å². The van der Waals surface area contributed by atoms with Crippen LogP contribution in [0.5, 0.6) is 0 Å². The first-order chi connectivity index (χ1) is 13.5. The minimum atomic E-state index is -3.08. The summed E-state index contributed by atoms with van der Waals surface area (Å²) < 4.78 is 28.2. The molecule has 0 bridgehead atoms. The topological polar surface area (TPSA) is 91.6 Å². The average Bonchev–Trinajstić information content (AvgIpc) is 3.07. The highest BCUT2D eigenvalue weighted by atomic mass is 127. The number of piperidine rings is 1. The number of hydrogen-bond donors (Lipinski definition) is 2. The van der Waals surface area contributed by atoms with Gasteiger partial charge in [0.2, 0.25) is 10.0 Å². The van der Waals surface area contributed by atoms with E-state index < -0.39 is 10.0 Å². The molecule has 0 unspecified atom stereocenters. The molecule has 0 spiro atoms. The van der Waals surface area contributed by atoms with Crippen molar-refractivity contribution in [3.63, 3.8) is 0 Å². The Kier molecular flexibility index (Phi) is 12.1. The Morgan fingerprint density at radius 3 is 2.59 bits per heavy atom. The van der Waals surface area contributed by atoms with Gasteiger partial charge in [0.1, 0.15) is 5.82 Å². The lowest BCUT2D eigenvalue weighted by Crippen LogP contribution is -2.50. The molecule has 1 aromatic heterocycles. The fourth-order valence-corrected chi connectivity index (χ4v) is 4.94. The minimum Gasteiger partial charge on any atom is -0.357 e. The van der Waals surface area contributed by atoms with E-state index in [1.165, 1.54) is 0 Å². The highest BCUT2D eigenvalue weighted by Crippen LogP contribution is 2.15. The molecule has 1 aliphatic rings. The van der Waals surface area contributed by atoms with E-state index >= 15 is 0 Å². The minimum absolute atomic E-state index is 0. The first-order valence-electron chi connectivity index (χ1n) is 10.5. The number of hydrogen-bond acceptors (Lipinski definition) is 4. The fraction of sp³-hybridized carbons (Fsp3) is 0.789. The van der Waals surface area contributed by atoms with E-state index in [1.54, 1.807) is 4.31 Å². The number of halogens is 1. The van der Waals surface area contributed by atoms with Crippen LogP contribution >= 0.6 is 24.0 Å². The quantitative estimate of drug-likeness (QED) is 0.206. The molecule has 0 aliphatic carbocycles. The third-order valence-corrected chi connectivity index (χ3v) is 7.07. The standard InChI is InChI=1S/C19H36N6O2S.HI/c1-4-16-28(26,27)25-13-8-18(9-14-25)23-19(20-5-2)22-10-6-7-12-24-15-11-21-17(24)3;/h11,15,18H,4-10,12-14,16H2,1-3H3,(H2,20,22,23);1H. The molecule has 1 aromatic rings. The number of rotatable bonds is 10. The number of aromatic nitrogens is 2. The van der Waals surface area contributed by atoms with Crippen LogP contribution in [0.25, 0.3) is 0 Å². The number of aliphatic imine (C=N–C) groups is 1. The number of nitrogens with zero attached hydrogens (tertiary/aromatic N) is 4. The summed E-state index contributed by atoms with van der Waals surface area (Å²) in [5.74, 6) is 2.12. The number of unbranched alkanes of at least 4 members (excludes halogenated alkanes) is 1. The summed E-state index contributed by atoms with van der Waals surface area (Å²) in [5, 5.41) is 6.77. The summed E-state index contributed by atoms with van der Waals surface area (Å²) in [6, 6.07) is 0.263. The summed E-state index contributed by atoms with van der Waals surface area (Å²) in [6.45, 7) is 9.70. The van der Waals surface area contributed by atoms with Crippen LogP contribution in [0.3, 0.4) is 0 Å². The molecule has 1 saturated heterocycles. The van der Waals surface area contributed by atoms with E-state index in [4.69, 9.17) is 0 Å². The van der Waals surface area contributed by atoms with E-state index in [2.05, 4.69) is 32.1 Å². The Balaban J connectivity index is 0.00000420. The highest BCUT2D eigenvalue weighted by molar-refractivity contribution is 14.0. The van der Waals surface area contributed by atoms with Crippen LogP contribution < -0.4 is 10.6 Å². The highest BCUT2D eigenvalue weighted by Gasteiger charge is 2.27. The van der Waals surface area contributed by atoms with Crippen molar-refractivity contribution >= 4 is 40.0 Å². The molecule has 0 amide bonds. The van der Waals surface area contributed by atoms with Crippen LogP contribution in [0.1, 0.15) is 51.8 Å². The van der Waals surface area contributed by atoms with Crippen molar-refractivity contribution in [2.75, 3.05) is 31.9 Å². The smallest absolute Gasteiger partial charge is 0.214 e. The van der Waals surface area contributed by atoms with Crippen LogP contribution in [0.2, 0.25) is 0 Å². The zero-order valence-electron chi connectivity index (χ0n) is 17.9. The maximum Gasteiger partial charge on any atom is 0.214 e. The van der Waals surface area contributed by atoms with Gasteiger partial charge in [-0.1, -0.05) is 6.92 Å². The summed E-state index contributed by atoms with van der Waals surface area (Å²) in [5.41, 5.74) is 0. The van der Waals surface area contributed by atoms with E-state index in [9.17, 15) is 8.42 Å². The van der Waals surface area contributed by atoms with Crippen LogP contribution in [-0.2, 0) is 16.6 Å². The molecule has 0 atom stereocenters. The number of sulfonamides is 1. The molecule has 2 rings (SSSR count). The molecule has 168 valence electrons. The zero-order valence-corrected chi connectivity index (χ0v) is 21.1. The Labute approximate surface area is 193 Å². The second-order valence-electron chi connectivity index (χ2n) is 7.27.